The predicted octanol–water partition coefficient (Wildman–Crippen LogP) is 3.25. The smallest absolute Gasteiger partial charge is 0.259 e. The first-order chi connectivity index (χ1) is 9.10. The lowest BCUT2D eigenvalue weighted by molar-refractivity contribution is 0.102. The Bertz CT molecular complexity index is 596. The molecule has 0 atom stereocenters. The number of alkyl halides is 1. The van der Waals surface area contributed by atoms with E-state index in [2.05, 4.69) is 21.2 Å². The molecule has 0 radical (unpaired) electrons. The van der Waals surface area contributed by atoms with Gasteiger partial charge in [-0.1, -0.05) is 28.1 Å². The third kappa shape index (κ3) is 3.26. The van der Waals surface area contributed by atoms with Crippen molar-refractivity contribution in [1.82, 2.24) is 0 Å². The van der Waals surface area contributed by atoms with E-state index < -0.39 is 5.91 Å². The molecule has 3 N–H and O–H groups in total. The number of phenols is 2. The zero-order valence-corrected chi connectivity index (χ0v) is 11.5. The Balaban J connectivity index is 2.15. The van der Waals surface area contributed by atoms with E-state index in [4.69, 9.17) is 0 Å². The summed E-state index contributed by atoms with van der Waals surface area (Å²) in [6.07, 6.45) is 0. The maximum Gasteiger partial charge on any atom is 0.259 e. The predicted molar refractivity (Wildman–Crippen MR) is 76.8 cm³/mol. The molecule has 0 heterocycles. The average Bonchev–Trinajstić information content (AvgIpc) is 2.39. The summed E-state index contributed by atoms with van der Waals surface area (Å²) in [5.41, 5.74) is 1.86. The topological polar surface area (TPSA) is 69.6 Å². The normalized spacial score (nSPS) is 10.2. The van der Waals surface area contributed by atoms with E-state index in [1.807, 2.05) is 12.1 Å². The number of hydrogen-bond donors (Lipinski definition) is 3. The summed E-state index contributed by atoms with van der Waals surface area (Å²) in [7, 11) is 0. The van der Waals surface area contributed by atoms with Crippen LogP contribution in [0.4, 0.5) is 5.69 Å². The van der Waals surface area contributed by atoms with Gasteiger partial charge in [-0.25, -0.2) is 0 Å². The van der Waals surface area contributed by atoms with Gasteiger partial charge in [-0.05, 0) is 29.8 Å². The monoisotopic (exact) mass is 321 g/mol. The van der Waals surface area contributed by atoms with Crippen LogP contribution in [0.15, 0.2) is 42.5 Å². The number of aromatic hydroxyl groups is 2. The van der Waals surface area contributed by atoms with Gasteiger partial charge in [0.1, 0.15) is 11.5 Å². The summed E-state index contributed by atoms with van der Waals surface area (Å²) in [5.74, 6) is -0.769. The Hall–Kier alpha value is -2.01. The lowest BCUT2D eigenvalue weighted by Crippen LogP contribution is -2.11. The van der Waals surface area contributed by atoms with E-state index in [-0.39, 0.29) is 17.1 Å². The Morgan fingerprint density at radius 3 is 2.37 bits per heavy atom. The van der Waals surface area contributed by atoms with Gasteiger partial charge in [0.25, 0.3) is 5.91 Å². The standard InChI is InChI=1S/C14H12BrNO3/c15-8-9-1-3-10(4-2-9)16-14(19)12-6-5-11(17)7-13(12)18/h1-7,17-18H,8H2,(H,16,19). The highest BCUT2D eigenvalue weighted by atomic mass is 79.9. The van der Waals surface area contributed by atoms with Crippen LogP contribution in [0.25, 0.3) is 0 Å². The van der Waals surface area contributed by atoms with Crippen molar-refractivity contribution in [2.75, 3.05) is 5.32 Å². The molecule has 0 aliphatic carbocycles. The molecule has 2 aromatic carbocycles. The Morgan fingerprint density at radius 2 is 1.79 bits per heavy atom. The number of hydrogen-bond acceptors (Lipinski definition) is 3. The van der Waals surface area contributed by atoms with Gasteiger partial charge in [-0.2, -0.15) is 0 Å². The second-order valence-electron chi connectivity index (χ2n) is 3.99. The van der Waals surface area contributed by atoms with Crippen LogP contribution in [-0.2, 0) is 5.33 Å². The van der Waals surface area contributed by atoms with Gasteiger partial charge in [0, 0.05) is 17.1 Å². The van der Waals surface area contributed by atoms with Crippen LogP contribution in [0.3, 0.4) is 0 Å². The maximum atomic E-state index is 11.9. The lowest BCUT2D eigenvalue weighted by atomic mass is 10.1. The molecule has 19 heavy (non-hydrogen) atoms. The fourth-order valence-electron chi connectivity index (χ4n) is 1.59. The molecule has 98 valence electrons. The minimum absolute atomic E-state index is 0.0873. The van der Waals surface area contributed by atoms with Crippen molar-refractivity contribution >= 4 is 27.5 Å². The van der Waals surface area contributed by atoms with Crippen LogP contribution in [0.5, 0.6) is 11.5 Å². The summed E-state index contributed by atoms with van der Waals surface area (Å²) in [6, 6.07) is 11.2. The van der Waals surface area contributed by atoms with Crippen molar-refractivity contribution in [3.8, 4) is 11.5 Å². The number of rotatable bonds is 3. The minimum atomic E-state index is -0.427. The molecular formula is C14H12BrNO3. The number of nitrogens with one attached hydrogen (secondary N) is 1. The van der Waals surface area contributed by atoms with Gasteiger partial charge < -0.3 is 15.5 Å². The number of anilines is 1. The molecule has 0 spiro atoms. The van der Waals surface area contributed by atoms with E-state index in [1.165, 1.54) is 12.1 Å². The van der Waals surface area contributed by atoms with E-state index in [0.717, 1.165) is 17.0 Å². The number of amides is 1. The molecular weight excluding hydrogens is 310 g/mol. The largest absolute Gasteiger partial charge is 0.508 e. The molecule has 2 rings (SSSR count). The van der Waals surface area contributed by atoms with Crippen molar-refractivity contribution in [2.45, 2.75) is 5.33 Å². The zero-order chi connectivity index (χ0) is 13.8. The van der Waals surface area contributed by atoms with Crippen LogP contribution >= 0.6 is 15.9 Å². The van der Waals surface area contributed by atoms with Gasteiger partial charge in [-0.3, -0.25) is 4.79 Å². The van der Waals surface area contributed by atoms with Crippen molar-refractivity contribution in [3.63, 3.8) is 0 Å². The molecule has 5 heteroatoms. The molecule has 0 fully saturated rings. The van der Waals surface area contributed by atoms with Gasteiger partial charge >= 0.3 is 0 Å². The molecule has 0 aliphatic rings. The van der Waals surface area contributed by atoms with Gasteiger partial charge in [-0.15, -0.1) is 0 Å². The SMILES string of the molecule is O=C(Nc1ccc(CBr)cc1)c1ccc(O)cc1O. The molecule has 0 aromatic heterocycles. The number of halogens is 1. The first-order valence-corrected chi connectivity index (χ1v) is 6.70. The highest BCUT2D eigenvalue weighted by molar-refractivity contribution is 9.08. The summed E-state index contributed by atoms with van der Waals surface area (Å²) in [5, 5.41) is 22.2. The van der Waals surface area contributed by atoms with E-state index in [1.54, 1.807) is 12.1 Å². The van der Waals surface area contributed by atoms with Crippen molar-refractivity contribution < 1.29 is 15.0 Å². The molecule has 2 aromatic rings. The maximum absolute atomic E-state index is 11.9. The van der Waals surface area contributed by atoms with Crippen molar-refractivity contribution in [1.29, 1.82) is 0 Å². The summed E-state index contributed by atoms with van der Waals surface area (Å²) in [4.78, 5) is 11.9. The number of carbonyl (C=O) groups excluding carboxylic acids is 1. The second-order valence-corrected chi connectivity index (χ2v) is 4.55. The highest BCUT2D eigenvalue weighted by Gasteiger charge is 2.11. The number of carbonyl (C=O) groups is 1. The van der Waals surface area contributed by atoms with Crippen molar-refractivity contribution in [3.05, 3.63) is 53.6 Å². The summed E-state index contributed by atoms with van der Waals surface area (Å²) < 4.78 is 0. The lowest BCUT2D eigenvalue weighted by Gasteiger charge is -2.07. The van der Waals surface area contributed by atoms with Gasteiger partial charge in [0.05, 0.1) is 5.56 Å². The molecule has 4 nitrogen and oxygen atoms in total. The Labute approximate surface area is 118 Å². The fourth-order valence-corrected chi connectivity index (χ4v) is 1.96. The Kier molecular flexibility index (Phi) is 4.06. The van der Waals surface area contributed by atoms with Gasteiger partial charge in [0.2, 0.25) is 0 Å². The van der Waals surface area contributed by atoms with E-state index in [0.29, 0.717) is 5.69 Å². The van der Waals surface area contributed by atoms with Crippen LogP contribution < -0.4 is 5.32 Å². The molecule has 0 bridgehead atoms. The summed E-state index contributed by atoms with van der Waals surface area (Å²) in [6.45, 7) is 0. The highest BCUT2D eigenvalue weighted by Crippen LogP contribution is 2.23. The molecule has 1 amide bonds. The van der Waals surface area contributed by atoms with E-state index in [9.17, 15) is 15.0 Å². The van der Waals surface area contributed by atoms with Crippen LogP contribution in [0, 0.1) is 0 Å². The van der Waals surface area contributed by atoms with Crippen LogP contribution in [0.1, 0.15) is 15.9 Å². The van der Waals surface area contributed by atoms with Gasteiger partial charge in [0.15, 0.2) is 0 Å². The molecule has 0 aliphatic heterocycles. The quantitative estimate of drug-likeness (QED) is 0.760. The fraction of sp³-hybridized carbons (Fsp3) is 0.0714. The molecule has 0 unspecified atom stereocenters. The third-order valence-corrected chi connectivity index (χ3v) is 3.24. The summed E-state index contributed by atoms with van der Waals surface area (Å²) >= 11 is 3.34. The Morgan fingerprint density at radius 1 is 1.11 bits per heavy atom. The molecule has 0 saturated carbocycles. The molecule has 0 saturated heterocycles. The first kappa shape index (κ1) is 13.4. The average molecular weight is 322 g/mol. The van der Waals surface area contributed by atoms with Crippen molar-refractivity contribution in [2.24, 2.45) is 0 Å². The van der Waals surface area contributed by atoms with Crippen LogP contribution in [-0.4, -0.2) is 16.1 Å². The van der Waals surface area contributed by atoms with E-state index >= 15 is 0 Å². The number of phenolic OH excluding ortho intramolecular Hbond substituents is 2. The first-order valence-electron chi connectivity index (χ1n) is 5.58. The second kappa shape index (κ2) is 5.75. The third-order valence-electron chi connectivity index (χ3n) is 2.59. The van der Waals surface area contributed by atoms with Crippen LogP contribution in [0.2, 0.25) is 0 Å². The zero-order valence-electron chi connectivity index (χ0n) is 9.93. The number of benzene rings is 2. The minimum Gasteiger partial charge on any atom is -0.508 e.